The molecular formula is C13H12ClF2N3. The van der Waals surface area contributed by atoms with Gasteiger partial charge in [0.2, 0.25) is 0 Å². The summed E-state index contributed by atoms with van der Waals surface area (Å²) in [5.41, 5.74) is 3.57. The van der Waals surface area contributed by atoms with E-state index < -0.39 is 11.6 Å². The number of nitrogens with two attached hydrogens (primary N) is 1. The maximum atomic E-state index is 13.6. The third kappa shape index (κ3) is 3.47. The summed E-state index contributed by atoms with van der Waals surface area (Å²) in [5, 5.41) is 0.317. The Kier molecular flexibility index (Phi) is 4.42. The fraction of sp³-hybridized carbons (Fsp3) is 0.154. The van der Waals surface area contributed by atoms with Crippen LogP contribution >= 0.6 is 11.6 Å². The van der Waals surface area contributed by atoms with Crippen molar-refractivity contribution in [1.82, 2.24) is 10.4 Å². The van der Waals surface area contributed by atoms with Gasteiger partial charge in [0.25, 0.3) is 0 Å². The first kappa shape index (κ1) is 13.9. The molecule has 6 heteroatoms. The van der Waals surface area contributed by atoms with Crippen molar-refractivity contribution in [3.63, 3.8) is 0 Å². The Hall–Kier alpha value is -1.56. The molecule has 1 heterocycles. The lowest BCUT2D eigenvalue weighted by Gasteiger charge is -2.17. The number of benzene rings is 1. The van der Waals surface area contributed by atoms with Crippen molar-refractivity contribution in [1.29, 1.82) is 0 Å². The van der Waals surface area contributed by atoms with E-state index in [4.69, 9.17) is 17.4 Å². The van der Waals surface area contributed by atoms with Crippen LogP contribution in [0.1, 0.15) is 17.2 Å². The molecular weight excluding hydrogens is 272 g/mol. The van der Waals surface area contributed by atoms with Crippen LogP contribution < -0.4 is 11.3 Å². The van der Waals surface area contributed by atoms with Crippen molar-refractivity contribution < 1.29 is 8.78 Å². The molecule has 2 rings (SSSR count). The second-order valence-corrected chi connectivity index (χ2v) is 4.46. The van der Waals surface area contributed by atoms with E-state index in [0.717, 1.165) is 23.8 Å². The summed E-state index contributed by atoms with van der Waals surface area (Å²) in [5.74, 6) is 4.50. The van der Waals surface area contributed by atoms with Crippen LogP contribution in [0.4, 0.5) is 8.78 Å². The summed E-state index contributed by atoms with van der Waals surface area (Å²) in [6.07, 6.45) is 1.74. The maximum absolute atomic E-state index is 13.6. The number of nitrogens with zero attached hydrogens (tertiary/aromatic N) is 1. The molecule has 0 amide bonds. The van der Waals surface area contributed by atoms with E-state index in [2.05, 4.69) is 10.4 Å². The summed E-state index contributed by atoms with van der Waals surface area (Å²) in [6.45, 7) is 0. The van der Waals surface area contributed by atoms with Gasteiger partial charge in [0.1, 0.15) is 16.8 Å². The third-order valence-electron chi connectivity index (χ3n) is 2.79. The number of pyridine rings is 1. The smallest absolute Gasteiger partial charge is 0.129 e. The van der Waals surface area contributed by atoms with E-state index >= 15 is 0 Å². The number of aromatic nitrogens is 1. The minimum Gasteiger partial charge on any atom is -0.271 e. The highest BCUT2D eigenvalue weighted by Gasteiger charge is 2.14. The van der Waals surface area contributed by atoms with E-state index in [1.807, 2.05) is 0 Å². The van der Waals surface area contributed by atoms with E-state index in [1.54, 1.807) is 12.1 Å². The largest absolute Gasteiger partial charge is 0.271 e. The van der Waals surface area contributed by atoms with Crippen LogP contribution in [0.5, 0.6) is 0 Å². The van der Waals surface area contributed by atoms with Gasteiger partial charge in [-0.25, -0.2) is 13.8 Å². The summed E-state index contributed by atoms with van der Waals surface area (Å²) in [4.78, 5) is 3.86. The second kappa shape index (κ2) is 6.06. The van der Waals surface area contributed by atoms with Crippen LogP contribution in [0.3, 0.4) is 0 Å². The highest BCUT2D eigenvalue weighted by Crippen LogP contribution is 2.21. The average molecular weight is 284 g/mol. The molecule has 0 radical (unpaired) electrons. The monoisotopic (exact) mass is 283 g/mol. The summed E-state index contributed by atoms with van der Waals surface area (Å²) < 4.78 is 26.7. The quantitative estimate of drug-likeness (QED) is 0.515. The molecule has 0 aliphatic rings. The predicted octanol–water partition coefficient (Wildman–Crippen LogP) is 2.76. The standard InChI is InChI=1S/C13H12ClF2N3/c14-13-7-8(3-4-18-13)12(19-17)6-9-5-10(15)1-2-11(9)16/h1-5,7,12,19H,6,17H2. The molecule has 3 nitrogen and oxygen atoms in total. The lowest BCUT2D eigenvalue weighted by Crippen LogP contribution is -2.29. The Balaban J connectivity index is 2.26. The van der Waals surface area contributed by atoms with Gasteiger partial charge < -0.3 is 0 Å². The van der Waals surface area contributed by atoms with Crippen molar-refractivity contribution in [2.24, 2.45) is 5.84 Å². The van der Waals surface area contributed by atoms with Crippen molar-refractivity contribution in [2.45, 2.75) is 12.5 Å². The molecule has 1 aromatic heterocycles. The fourth-order valence-electron chi connectivity index (χ4n) is 1.83. The van der Waals surface area contributed by atoms with Crippen molar-refractivity contribution in [3.8, 4) is 0 Å². The summed E-state index contributed by atoms with van der Waals surface area (Å²) in [7, 11) is 0. The van der Waals surface area contributed by atoms with Gasteiger partial charge in [0.05, 0.1) is 6.04 Å². The molecule has 0 fully saturated rings. The van der Waals surface area contributed by atoms with Gasteiger partial charge in [-0.2, -0.15) is 0 Å². The lowest BCUT2D eigenvalue weighted by molar-refractivity contribution is 0.522. The molecule has 0 aliphatic heterocycles. The lowest BCUT2D eigenvalue weighted by atomic mass is 10.00. The molecule has 3 N–H and O–H groups in total. The molecule has 1 aromatic carbocycles. The molecule has 1 unspecified atom stereocenters. The Morgan fingerprint density at radius 3 is 2.74 bits per heavy atom. The zero-order valence-corrected chi connectivity index (χ0v) is 10.7. The Bertz CT molecular complexity index is 578. The van der Waals surface area contributed by atoms with Crippen LogP contribution in [-0.2, 0) is 6.42 Å². The number of rotatable bonds is 4. The molecule has 100 valence electrons. The van der Waals surface area contributed by atoms with Crippen molar-refractivity contribution >= 4 is 11.6 Å². The Morgan fingerprint density at radius 2 is 2.05 bits per heavy atom. The number of halogens is 3. The van der Waals surface area contributed by atoms with Gasteiger partial charge >= 0.3 is 0 Å². The number of hydrogen-bond donors (Lipinski definition) is 2. The SMILES string of the molecule is NNC(Cc1cc(F)ccc1F)c1ccnc(Cl)c1. The van der Waals surface area contributed by atoms with Crippen LogP contribution in [0.2, 0.25) is 5.15 Å². The molecule has 1 atom stereocenters. The third-order valence-corrected chi connectivity index (χ3v) is 2.99. The molecule has 0 aliphatic carbocycles. The molecule has 0 bridgehead atoms. The zero-order chi connectivity index (χ0) is 13.8. The Morgan fingerprint density at radius 1 is 1.26 bits per heavy atom. The van der Waals surface area contributed by atoms with E-state index in [1.165, 1.54) is 6.20 Å². The fourth-order valence-corrected chi connectivity index (χ4v) is 2.01. The van der Waals surface area contributed by atoms with Gasteiger partial charge in [0.15, 0.2) is 0 Å². The van der Waals surface area contributed by atoms with Crippen LogP contribution in [-0.4, -0.2) is 4.98 Å². The van der Waals surface area contributed by atoms with E-state index in [0.29, 0.717) is 5.15 Å². The van der Waals surface area contributed by atoms with Gasteiger partial charge in [-0.05, 0) is 47.9 Å². The van der Waals surface area contributed by atoms with Gasteiger partial charge in [-0.1, -0.05) is 11.6 Å². The van der Waals surface area contributed by atoms with Crippen molar-refractivity contribution in [2.75, 3.05) is 0 Å². The van der Waals surface area contributed by atoms with E-state index in [9.17, 15) is 8.78 Å². The van der Waals surface area contributed by atoms with Crippen LogP contribution in [0.15, 0.2) is 36.5 Å². The first-order valence-corrected chi connectivity index (χ1v) is 5.99. The second-order valence-electron chi connectivity index (χ2n) is 4.07. The first-order valence-electron chi connectivity index (χ1n) is 5.61. The van der Waals surface area contributed by atoms with Gasteiger partial charge in [0, 0.05) is 6.20 Å². The number of nitrogens with one attached hydrogen (secondary N) is 1. The summed E-state index contributed by atoms with van der Waals surface area (Å²) in [6, 6.07) is 6.29. The minimum absolute atomic E-state index is 0.209. The van der Waals surface area contributed by atoms with Crippen LogP contribution in [0, 0.1) is 11.6 Å². The molecule has 0 spiro atoms. The van der Waals surface area contributed by atoms with E-state index in [-0.39, 0.29) is 18.0 Å². The molecule has 2 aromatic rings. The normalized spacial score (nSPS) is 12.4. The highest BCUT2D eigenvalue weighted by molar-refractivity contribution is 6.29. The van der Waals surface area contributed by atoms with Gasteiger partial charge in [-0.3, -0.25) is 11.3 Å². The zero-order valence-electron chi connectivity index (χ0n) is 9.91. The molecule has 0 saturated carbocycles. The predicted molar refractivity (Wildman–Crippen MR) is 69.4 cm³/mol. The van der Waals surface area contributed by atoms with Crippen LogP contribution in [0.25, 0.3) is 0 Å². The maximum Gasteiger partial charge on any atom is 0.129 e. The summed E-state index contributed by atoms with van der Waals surface area (Å²) >= 11 is 5.79. The molecule has 19 heavy (non-hydrogen) atoms. The number of hydrogen-bond acceptors (Lipinski definition) is 3. The Labute approximate surface area is 114 Å². The number of hydrazine groups is 1. The highest BCUT2D eigenvalue weighted by atomic mass is 35.5. The molecule has 0 saturated heterocycles. The first-order chi connectivity index (χ1) is 9.10. The van der Waals surface area contributed by atoms with Gasteiger partial charge in [-0.15, -0.1) is 0 Å². The minimum atomic E-state index is -0.486. The topological polar surface area (TPSA) is 50.9 Å². The van der Waals surface area contributed by atoms with Crippen molar-refractivity contribution in [3.05, 3.63) is 64.4 Å². The average Bonchev–Trinajstić information content (AvgIpc) is 2.39.